The number of halogens is 4. The van der Waals surface area contributed by atoms with Gasteiger partial charge >= 0.3 is 6.18 Å². The molecular formula is C22H26F3IN6O. The van der Waals surface area contributed by atoms with Gasteiger partial charge in [0.15, 0.2) is 5.96 Å². The van der Waals surface area contributed by atoms with E-state index in [1.54, 1.807) is 30.9 Å². The van der Waals surface area contributed by atoms with Gasteiger partial charge in [0.2, 0.25) is 0 Å². The van der Waals surface area contributed by atoms with Crippen molar-refractivity contribution < 1.29 is 17.9 Å². The first kappa shape index (κ1) is 26.6. The molecule has 0 amide bonds. The van der Waals surface area contributed by atoms with Crippen molar-refractivity contribution in [3.8, 4) is 5.82 Å². The summed E-state index contributed by atoms with van der Waals surface area (Å²) >= 11 is 0. The number of nitrogens with zero attached hydrogens (tertiary/aromatic N) is 4. The lowest BCUT2D eigenvalue weighted by Crippen LogP contribution is -2.36. The Balaban J connectivity index is 0.00000385. The fourth-order valence-corrected chi connectivity index (χ4v) is 2.83. The second-order valence-corrected chi connectivity index (χ2v) is 6.97. The highest BCUT2D eigenvalue weighted by molar-refractivity contribution is 14.0. The molecule has 0 unspecified atom stereocenters. The lowest BCUT2D eigenvalue weighted by Gasteiger charge is -2.12. The normalized spacial score (nSPS) is 11.7. The molecule has 3 aromatic rings. The molecule has 0 aliphatic carbocycles. The number of alkyl halides is 3. The zero-order chi connectivity index (χ0) is 22.8. The lowest BCUT2D eigenvalue weighted by atomic mass is 10.1. The topological polar surface area (TPSA) is 76.4 Å². The smallest absolute Gasteiger partial charge is 0.367 e. The second-order valence-electron chi connectivity index (χ2n) is 6.97. The number of benzene rings is 1. The Morgan fingerprint density at radius 1 is 1.06 bits per heavy atom. The molecule has 0 aliphatic heterocycles. The number of hydrogen-bond donors (Lipinski definition) is 2. The average molecular weight is 574 g/mol. The zero-order valence-electron chi connectivity index (χ0n) is 18.0. The minimum atomic E-state index is -4.32. The van der Waals surface area contributed by atoms with Gasteiger partial charge in [-0.3, -0.25) is 4.57 Å². The number of aromatic nitrogens is 3. The van der Waals surface area contributed by atoms with Crippen LogP contribution in [0.4, 0.5) is 13.2 Å². The van der Waals surface area contributed by atoms with Crippen molar-refractivity contribution in [2.75, 3.05) is 13.2 Å². The van der Waals surface area contributed by atoms with Gasteiger partial charge in [0.05, 0.1) is 13.2 Å². The maximum absolute atomic E-state index is 12.2. The third-order valence-corrected chi connectivity index (χ3v) is 4.36. The molecule has 0 spiro atoms. The standard InChI is InChI=1S/C22H25F3N6O.HI/c1-2-27-21(30-13-19-7-8-28-20(11-19)31-10-9-26-16-31)29-12-17-3-5-18(6-4-17)14-32-15-22(23,24)25;/h3-11,16H,2,12-15H2,1H3,(H2,27,29,30);1H. The summed E-state index contributed by atoms with van der Waals surface area (Å²) in [4.78, 5) is 13.0. The maximum Gasteiger partial charge on any atom is 0.411 e. The molecule has 0 fully saturated rings. The number of ether oxygens (including phenoxy) is 1. The minimum Gasteiger partial charge on any atom is -0.367 e. The second kappa shape index (κ2) is 13.1. The monoisotopic (exact) mass is 574 g/mol. The highest BCUT2D eigenvalue weighted by Crippen LogP contribution is 2.16. The molecular weight excluding hydrogens is 548 g/mol. The van der Waals surface area contributed by atoms with Crippen LogP contribution in [0.1, 0.15) is 23.6 Å². The zero-order valence-corrected chi connectivity index (χ0v) is 20.4. The molecule has 2 N–H and O–H groups in total. The number of imidazole rings is 1. The van der Waals surface area contributed by atoms with Crippen LogP contribution in [0.5, 0.6) is 0 Å². The van der Waals surface area contributed by atoms with E-state index in [0.29, 0.717) is 31.2 Å². The Kier molecular flexibility index (Phi) is 10.6. The molecule has 3 rings (SSSR count). The van der Waals surface area contributed by atoms with E-state index in [0.717, 1.165) is 16.9 Å². The highest BCUT2D eigenvalue weighted by atomic mass is 127. The Morgan fingerprint density at radius 2 is 1.82 bits per heavy atom. The largest absolute Gasteiger partial charge is 0.411 e. The molecule has 33 heavy (non-hydrogen) atoms. The molecule has 178 valence electrons. The van der Waals surface area contributed by atoms with Crippen molar-refractivity contribution in [2.45, 2.75) is 32.8 Å². The van der Waals surface area contributed by atoms with Crippen LogP contribution in [0.15, 0.2) is 66.3 Å². The van der Waals surface area contributed by atoms with Crippen molar-refractivity contribution >= 4 is 29.9 Å². The van der Waals surface area contributed by atoms with Crippen molar-refractivity contribution in [1.29, 1.82) is 0 Å². The molecule has 0 aliphatic rings. The average Bonchev–Trinajstić information content (AvgIpc) is 3.31. The van der Waals surface area contributed by atoms with E-state index in [4.69, 9.17) is 0 Å². The van der Waals surface area contributed by atoms with Crippen LogP contribution < -0.4 is 10.6 Å². The Labute approximate surface area is 207 Å². The summed E-state index contributed by atoms with van der Waals surface area (Å²) in [5.74, 6) is 1.43. The molecule has 0 atom stereocenters. The predicted molar refractivity (Wildman–Crippen MR) is 131 cm³/mol. The molecule has 0 saturated heterocycles. The van der Waals surface area contributed by atoms with Crippen molar-refractivity contribution in [2.24, 2.45) is 4.99 Å². The number of pyridine rings is 1. The third kappa shape index (κ3) is 9.38. The summed E-state index contributed by atoms with van der Waals surface area (Å²) < 4.78 is 43.0. The fraction of sp³-hybridized carbons (Fsp3) is 0.318. The molecule has 1 aromatic carbocycles. The molecule has 0 radical (unpaired) electrons. The van der Waals surface area contributed by atoms with Gasteiger partial charge in [0.1, 0.15) is 18.8 Å². The van der Waals surface area contributed by atoms with Crippen molar-refractivity contribution in [3.05, 3.63) is 78.0 Å². The van der Waals surface area contributed by atoms with E-state index in [-0.39, 0.29) is 30.6 Å². The summed E-state index contributed by atoms with van der Waals surface area (Å²) in [5, 5.41) is 6.46. The quantitative estimate of drug-likeness (QED) is 0.228. The predicted octanol–water partition coefficient (Wildman–Crippen LogP) is 4.22. The molecule has 0 bridgehead atoms. The Bertz CT molecular complexity index is 994. The van der Waals surface area contributed by atoms with Gasteiger partial charge in [0, 0.05) is 31.7 Å². The number of guanidine groups is 1. The number of rotatable bonds is 9. The van der Waals surface area contributed by atoms with Crippen molar-refractivity contribution in [1.82, 2.24) is 25.2 Å². The van der Waals surface area contributed by atoms with Gasteiger partial charge in [-0.15, -0.1) is 24.0 Å². The van der Waals surface area contributed by atoms with Gasteiger partial charge in [-0.1, -0.05) is 24.3 Å². The first-order valence-corrected chi connectivity index (χ1v) is 10.1. The Morgan fingerprint density at radius 3 is 2.48 bits per heavy atom. The van der Waals surface area contributed by atoms with Crippen molar-refractivity contribution in [3.63, 3.8) is 0 Å². The molecule has 2 heterocycles. The highest BCUT2D eigenvalue weighted by Gasteiger charge is 2.27. The van der Waals surface area contributed by atoms with E-state index in [9.17, 15) is 13.2 Å². The van der Waals surface area contributed by atoms with Gasteiger partial charge in [-0.05, 0) is 35.7 Å². The molecule has 0 saturated carbocycles. The van der Waals surface area contributed by atoms with Gasteiger partial charge < -0.3 is 15.4 Å². The van der Waals surface area contributed by atoms with Gasteiger partial charge in [-0.25, -0.2) is 15.0 Å². The molecule has 7 nitrogen and oxygen atoms in total. The molecule has 11 heteroatoms. The summed E-state index contributed by atoms with van der Waals surface area (Å²) in [6, 6.07) is 11.1. The summed E-state index contributed by atoms with van der Waals surface area (Å²) in [6.07, 6.45) is 2.63. The third-order valence-electron chi connectivity index (χ3n) is 4.36. The van der Waals surface area contributed by atoms with Gasteiger partial charge in [-0.2, -0.15) is 13.2 Å². The fourth-order valence-electron chi connectivity index (χ4n) is 2.83. The lowest BCUT2D eigenvalue weighted by molar-refractivity contribution is -0.176. The summed E-state index contributed by atoms with van der Waals surface area (Å²) in [7, 11) is 0. The summed E-state index contributed by atoms with van der Waals surface area (Å²) in [6.45, 7) is 2.35. The van der Waals surface area contributed by atoms with Crippen LogP contribution in [0.3, 0.4) is 0 Å². The van der Waals surface area contributed by atoms with Crippen LogP contribution in [0.25, 0.3) is 5.82 Å². The number of nitrogens with one attached hydrogen (secondary N) is 2. The first-order valence-electron chi connectivity index (χ1n) is 10.1. The SMILES string of the molecule is CCNC(=NCc1ccnc(-n2ccnc2)c1)NCc1ccc(COCC(F)(F)F)cc1.I. The molecule has 2 aromatic heterocycles. The first-order chi connectivity index (χ1) is 15.4. The minimum absolute atomic E-state index is 0. The number of hydrogen-bond acceptors (Lipinski definition) is 4. The van der Waals surface area contributed by atoms with Crippen LogP contribution in [0.2, 0.25) is 0 Å². The van der Waals surface area contributed by atoms with E-state index in [1.165, 1.54) is 0 Å². The van der Waals surface area contributed by atoms with Crippen LogP contribution in [0, 0.1) is 0 Å². The van der Waals surface area contributed by atoms with Crippen LogP contribution in [-0.4, -0.2) is 39.8 Å². The van der Waals surface area contributed by atoms with E-state index < -0.39 is 12.8 Å². The Hall–Kier alpha value is -2.67. The maximum atomic E-state index is 12.2. The van der Waals surface area contributed by atoms with Crippen LogP contribution in [-0.2, 0) is 24.4 Å². The summed E-state index contributed by atoms with van der Waals surface area (Å²) in [5.41, 5.74) is 2.66. The van der Waals surface area contributed by atoms with E-state index in [1.807, 2.05) is 42.0 Å². The van der Waals surface area contributed by atoms with Gasteiger partial charge in [0.25, 0.3) is 0 Å². The van der Waals surface area contributed by atoms with E-state index in [2.05, 4.69) is 30.3 Å². The van der Waals surface area contributed by atoms with E-state index >= 15 is 0 Å². The number of aliphatic imine (C=N–C) groups is 1. The van der Waals surface area contributed by atoms with Crippen LogP contribution >= 0.6 is 24.0 Å².